The van der Waals surface area contributed by atoms with E-state index in [0.717, 1.165) is 43.1 Å². The molecule has 154 valence electrons. The smallest absolute Gasteiger partial charge is 0.283 e. The fraction of sp³-hybridized carbons (Fsp3) is 0.304. The van der Waals surface area contributed by atoms with Crippen LogP contribution in [0.4, 0.5) is 5.69 Å². The fourth-order valence-corrected chi connectivity index (χ4v) is 4.47. The molecule has 1 aliphatic heterocycles. The zero-order valence-corrected chi connectivity index (χ0v) is 17.6. The molecule has 30 heavy (non-hydrogen) atoms. The van der Waals surface area contributed by atoms with Gasteiger partial charge in [0.2, 0.25) is 0 Å². The first-order valence-corrected chi connectivity index (χ1v) is 10.5. The van der Waals surface area contributed by atoms with Gasteiger partial charge in [0, 0.05) is 32.7 Å². The van der Waals surface area contributed by atoms with E-state index in [1.165, 1.54) is 0 Å². The van der Waals surface area contributed by atoms with Crippen LogP contribution in [0.1, 0.15) is 29.8 Å². The van der Waals surface area contributed by atoms with Crippen molar-refractivity contribution in [2.45, 2.75) is 19.5 Å². The van der Waals surface area contributed by atoms with E-state index in [9.17, 15) is 10.1 Å². The summed E-state index contributed by atoms with van der Waals surface area (Å²) in [4.78, 5) is 16.9. The van der Waals surface area contributed by atoms with Crippen LogP contribution in [0.3, 0.4) is 0 Å². The van der Waals surface area contributed by atoms with Crippen molar-refractivity contribution < 1.29 is 0 Å². The lowest BCUT2D eigenvalue weighted by Crippen LogP contribution is -2.48. The van der Waals surface area contributed by atoms with Crippen molar-refractivity contribution >= 4 is 17.3 Å². The highest BCUT2D eigenvalue weighted by atomic mass is 35.5. The molecule has 1 unspecified atom stereocenters. The summed E-state index contributed by atoms with van der Waals surface area (Å²) < 4.78 is 1.85. The number of benzene rings is 2. The Balaban J connectivity index is 1.66. The summed E-state index contributed by atoms with van der Waals surface area (Å²) in [5.41, 5.74) is 3.32. The summed E-state index contributed by atoms with van der Waals surface area (Å²) in [6.45, 7) is 5.79. The normalized spacial score (nSPS) is 15.7. The number of nitrogens with one attached hydrogen (secondary N) is 1. The van der Waals surface area contributed by atoms with Crippen molar-refractivity contribution in [3.05, 3.63) is 86.8 Å². The van der Waals surface area contributed by atoms with E-state index in [0.29, 0.717) is 12.1 Å². The molecule has 0 saturated carbocycles. The molecule has 1 aliphatic rings. The Morgan fingerprint density at radius 2 is 1.73 bits per heavy atom. The number of anilines is 1. The second-order valence-corrected chi connectivity index (χ2v) is 7.73. The molecular weight excluding hydrogens is 398 g/mol. The molecule has 7 heteroatoms. The number of para-hydroxylation sites is 1. The highest BCUT2D eigenvalue weighted by molar-refractivity contribution is 6.31. The summed E-state index contributed by atoms with van der Waals surface area (Å²) in [5, 5.41) is 12.6. The molecule has 0 bridgehead atoms. The van der Waals surface area contributed by atoms with Crippen molar-refractivity contribution in [3.8, 4) is 6.07 Å². The summed E-state index contributed by atoms with van der Waals surface area (Å²) in [6.07, 6.45) is 0. The molecule has 1 aromatic heterocycles. The number of aryl methyl sites for hydroxylation is 1. The van der Waals surface area contributed by atoms with Gasteiger partial charge in [-0.1, -0.05) is 54.1 Å². The van der Waals surface area contributed by atoms with Gasteiger partial charge in [-0.25, -0.2) is 0 Å². The molecule has 0 radical (unpaired) electrons. The third kappa shape index (κ3) is 3.74. The van der Waals surface area contributed by atoms with Gasteiger partial charge in [-0.05, 0) is 24.6 Å². The first-order valence-electron chi connectivity index (χ1n) is 10.1. The number of hydrogen-bond donors (Lipinski definition) is 1. The highest BCUT2D eigenvalue weighted by Crippen LogP contribution is 2.33. The molecule has 1 fully saturated rings. The molecule has 6 nitrogen and oxygen atoms in total. The first kappa shape index (κ1) is 20.3. The molecule has 1 atom stereocenters. The lowest BCUT2D eigenvalue weighted by Gasteiger charge is -2.40. The molecule has 4 rings (SSSR count). The Bertz CT molecular complexity index is 1110. The van der Waals surface area contributed by atoms with Crippen LogP contribution in [0.15, 0.2) is 59.4 Å². The van der Waals surface area contributed by atoms with Gasteiger partial charge in [-0.15, -0.1) is 0 Å². The van der Waals surface area contributed by atoms with Crippen LogP contribution in [0.2, 0.25) is 5.02 Å². The molecule has 0 amide bonds. The number of aromatic nitrogens is 2. The number of nitriles is 1. The zero-order valence-electron chi connectivity index (χ0n) is 16.9. The Labute approximate surface area is 180 Å². The Hall–Kier alpha value is -3.01. The van der Waals surface area contributed by atoms with Crippen LogP contribution >= 0.6 is 11.6 Å². The van der Waals surface area contributed by atoms with Gasteiger partial charge in [0.25, 0.3) is 5.56 Å². The Morgan fingerprint density at radius 1 is 1.07 bits per heavy atom. The van der Waals surface area contributed by atoms with E-state index in [4.69, 9.17) is 11.6 Å². The summed E-state index contributed by atoms with van der Waals surface area (Å²) >= 11 is 6.48. The molecular formula is C23H24ClN5O. The third-order valence-corrected chi connectivity index (χ3v) is 6.05. The van der Waals surface area contributed by atoms with Gasteiger partial charge < -0.3 is 4.90 Å². The van der Waals surface area contributed by atoms with E-state index in [1.54, 1.807) is 0 Å². The number of halogens is 1. The third-order valence-electron chi connectivity index (χ3n) is 5.69. The maximum Gasteiger partial charge on any atom is 0.283 e. The Kier molecular flexibility index (Phi) is 5.93. The number of hydrogen-bond acceptors (Lipinski definition) is 4. The van der Waals surface area contributed by atoms with Crippen LogP contribution in [0.25, 0.3) is 0 Å². The van der Waals surface area contributed by atoms with E-state index >= 15 is 0 Å². The minimum atomic E-state index is -0.254. The van der Waals surface area contributed by atoms with Gasteiger partial charge in [0.05, 0.1) is 23.0 Å². The fourth-order valence-electron chi connectivity index (χ4n) is 4.23. The van der Waals surface area contributed by atoms with E-state index in [1.807, 2.05) is 54.1 Å². The van der Waals surface area contributed by atoms with Crippen LogP contribution in [-0.2, 0) is 6.54 Å². The SMILES string of the molecule is CCn1[nH]c(=O)c(Cl)c1C(c1ccccc1)N1CCN(c2ccccc2C#N)CC1. The van der Waals surface area contributed by atoms with Gasteiger partial charge in [-0.2, -0.15) is 5.26 Å². The van der Waals surface area contributed by atoms with E-state index < -0.39 is 0 Å². The Morgan fingerprint density at radius 3 is 2.40 bits per heavy atom. The van der Waals surface area contributed by atoms with Gasteiger partial charge in [-0.3, -0.25) is 19.5 Å². The van der Waals surface area contributed by atoms with Crippen LogP contribution in [0.5, 0.6) is 0 Å². The topological polar surface area (TPSA) is 68.1 Å². The van der Waals surface area contributed by atoms with Crippen molar-refractivity contribution in [2.75, 3.05) is 31.1 Å². The lowest BCUT2D eigenvalue weighted by atomic mass is 10.0. The molecule has 3 aromatic rings. The maximum atomic E-state index is 12.3. The largest absolute Gasteiger partial charge is 0.368 e. The lowest BCUT2D eigenvalue weighted by molar-refractivity contribution is 0.204. The summed E-state index contributed by atoms with van der Waals surface area (Å²) in [6, 6.07) is 20.1. The average Bonchev–Trinajstić information content (AvgIpc) is 3.09. The van der Waals surface area contributed by atoms with Crippen LogP contribution in [-0.4, -0.2) is 40.9 Å². The predicted octanol–water partition coefficient (Wildman–Crippen LogP) is 3.63. The second-order valence-electron chi connectivity index (χ2n) is 7.35. The minimum absolute atomic E-state index is 0.119. The summed E-state index contributed by atoms with van der Waals surface area (Å²) in [7, 11) is 0. The standard InChI is InChI=1S/C23H24ClN5O/c1-2-29-22(20(24)23(30)26-29)21(17-8-4-3-5-9-17)28-14-12-27(13-15-28)19-11-7-6-10-18(19)16-25/h3-11,21H,2,12-15H2,1H3,(H,26,30). The van der Waals surface area contributed by atoms with Gasteiger partial charge in [0.15, 0.2) is 0 Å². The number of rotatable bonds is 5. The van der Waals surface area contributed by atoms with Gasteiger partial charge in [0.1, 0.15) is 11.1 Å². The van der Waals surface area contributed by atoms with Crippen LogP contribution < -0.4 is 10.5 Å². The molecule has 2 heterocycles. The van der Waals surface area contributed by atoms with Crippen molar-refractivity contribution in [3.63, 3.8) is 0 Å². The number of H-pyrrole nitrogens is 1. The van der Waals surface area contributed by atoms with Gasteiger partial charge >= 0.3 is 0 Å². The molecule has 2 aromatic carbocycles. The number of aromatic amines is 1. The number of piperazine rings is 1. The molecule has 1 saturated heterocycles. The van der Waals surface area contributed by atoms with Crippen molar-refractivity contribution in [1.29, 1.82) is 5.26 Å². The quantitative estimate of drug-likeness (QED) is 0.683. The second kappa shape index (κ2) is 8.78. The van der Waals surface area contributed by atoms with Crippen LogP contribution in [0, 0.1) is 11.3 Å². The van der Waals surface area contributed by atoms with Crippen molar-refractivity contribution in [2.24, 2.45) is 0 Å². The van der Waals surface area contributed by atoms with Crippen molar-refractivity contribution in [1.82, 2.24) is 14.7 Å². The molecule has 0 aliphatic carbocycles. The summed E-state index contributed by atoms with van der Waals surface area (Å²) in [5.74, 6) is 0. The number of nitrogens with zero attached hydrogens (tertiary/aromatic N) is 4. The predicted molar refractivity (Wildman–Crippen MR) is 119 cm³/mol. The highest BCUT2D eigenvalue weighted by Gasteiger charge is 2.31. The average molecular weight is 422 g/mol. The zero-order chi connectivity index (χ0) is 21.1. The monoisotopic (exact) mass is 421 g/mol. The maximum absolute atomic E-state index is 12.3. The first-order chi connectivity index (χ1) is 14.6. The molecule has 0 spiro atoms. The van der Waals surface area contributed by atoms with E-state index in [2.05, 4.69) is 33.1 Å². The minimum Gasteiger partial charge on any atom is -0.368 e. The van der Waals surface area contributed by atoms with E-state index in [-0.39, 0.29) is 16.6 Å². The molecule has 1 N–H and O–H groups in total.